The highest BCUT2D eigenvalue weighted by atomic mass is 32.1. The molecule has 0 unspecified atom stereocenters. The van der Waals surface area contributed by atoms with Crippen LogP contribution in [0.5, 0.6) is 0 Å². The minimum atomic E-state index is -0.407. The molecule has 0 saturated carbocycles. The smallest absolute Gasteiger partial charge is 0.276 e. The molecule has 1 aromatic carbocycles. The van der Waals surface area contributed by atoms with E-state index in [1.165, 1.54) is 22.8 Å². The summed E-state index contributed by atoms with van der Waals surface area (Å²) in [6, 6.07) is 11.2. The molecule has 110 valence electrons. The molecule has 0 spiro atoms. The molecule has 0 bridgehead atoms. The first kappa shape index (κ1) is 14.2. The first-order valence-corrected chi connectivity index (χ1v) is 7.40. The third kappa shape index (κ3) is 2.79. The Morgan fingerprint density at radius 2 is 2.18 bits per heavy atom. The monoisotopic (exact) mass is 312 g/mol. The second-order valence-corrected chi connectivity index (χ2v) is 5.53. The average Bonchev–Trinajstić information content (AvgIpc) is 3.03. The summed E-state index contributed by atoms with van der Waals surface area (Å²) in [6.45, 7) is 1.81. The second-order valence-electron chi connectivity index (χ2n) is 4.62. The summed E-state index contributed by atoms with van der Waals surface area (Å²) in [5.74, 6) is 0. The van der Waals surface area contributed by atoms with E-state index in [0.29, 0.717) is 5.71 Å². The number of pyridine rings is 1. The van der Waals surface area contributed by atoms with Crippen LogP contribution in [0.15, 0.2) is 53.1 Å². The van der Waals surface area contributed by atoms with Crippen molar-refractivity contribution >= 4 is 39.3 Å². The topological polar surface area (TPSA) is 80.4 Å². The number of nitro groups is 1. The molecule has 2 aromatic heterocycles. The number of benzene rings is 1. The molecule has 0 fully saturated rings. The number of hydrogen-bond donors (Lipinski definition) is 1. The Labute approximate surface area is 130 Å². The van der Waals surface area contributed by atoms with Gasteiger partial charge in [-0.25, -0.2) is 0 Å². The van der Waals surface area contributed by atoms with Crippen molar-refractivity contribution in [1.29, 1.82) is 0 Å². The summed E-state index contributed by atoms with van der Waals surface area (Å²) < 4.78 is 0. The van der Waals surface area contributed by atoms with Crippen LogP contribution in [0, 0.1) is 10.1 Å². The number of anilines is 1. The number of fused-ring (bicyclic) bond motifs is 1. The summed E-state index contributed by atoms with van der Waals surface area (Å²) in [5.41, 5.74) is 5.38. The molecular weight excluding hydrogens is 300 g/mol. The molecule has 0 aliphatic carbocycles. The van der Waals surface area contributed by atoms with Crippen molar-refractivity contribution < 1.29 is 4.92 Å². The van der Waals surface area contributed by atoms with Gasteiger partial charge < -0.3 is 0 Å². The number of aromatic nitrogens is 1. The minimum Gasteiger partial charge on any atom is -0.276 e. The van der Waals surface area contributed by atoms with Crippen molar-refractivity contribution in [2.75, 3.05) is 5.43 Å². The third-order valence-corrected chi connectivity index (χ3v) is 4.16. The van der Waals surface area contributed by atoms with E-state index in [1.54, 1.807) is 13.1 Å². The number of hydrazone groups is 1. The predicted octanol–water partition coefficient (Wildman–Crippen LogP) is 4.04. The average molecular weight is 312 g/mol. The molecule has 6 nitrogen and oxygen atoms in total. The van der Waals surface area contributed by atoms with Gasteiger partial charge in [0.15, 0.2) is 0 Å². The molecule has 2 heterocycles. The van der Waals surface area contributed by atoms with Gasteiger partial charge >= 0.3 is 0 Å². The molecule has 22 heavy (non-hydrogen) atoms. The highest BCUT2D eigenvalue weighted by Crippen LogP contribution is 2.23. The van der Waals surface area contributed by atoms with Crippen LogP contribution in [0.25, 0.3) is 10.9 Å². The van der Waals surface area contributed by atoms with Crippen LogP contribution in [-0.4, -0.2) is 15.6 Å². The Bertz CT molecular complexity index is 867. The van der Waals surface area contributed by atoms with Crippen molar-refractivity contribution in [2.24, 2.45) is 5.10 Å². The highest BCUT2D eigenvalue weighted by molar-refractivity contribution is 7.12. The van der Waals surface area contributed by atoms with Crippen LogP contribution in [0.1, 0.15) is 11.8 Å². The molecule has 0 aliphatic rings. The molecule has 3 aromatic rings. The highest BCUT2D eigenvalue weighted by Gasteiger charge is 2.11. The van der Waals surface area contributed by atoms with Gasteiger partial charge in [-0.15, -0.1) is 11.3 Å². The molecule has 0 saturated heterocycles. The standard InChI is InChI=1S/C15H12N4O2S/c1-10(14-8-12(9-22-14)19(20)21)17-18-13-6-2-4-11-5-3-7-16-15(11)13/h2-9,18H,1H3/b17-10+. The van der Waals surface area contributed by atoms with Crippen LogP contribution >= 0.6 is 11.3 Å². The Balaban J connectivity index is 1.87. The van der Waals surface area contributed by atoms with Crippen LogP contribution in [-0.2, 0) is 0 Å². The molecule has 0 radical (unpaired) electrons. The Morgan fingerprint density at radius 3 is 2.95 bits per heavy atom. The van der Waals surface area contributed by atoms with E-state index in [9.17, 15) is 10.1 Å². The zero-order chi connectivity index (χ0) is 15.5. The van der Waals surface area contributed by atoms with Gasteiger partial charge in [-0.3, -0.25) is 20.5 Å². The lowest BCUT2D eigenvalue weighted by Crippen LogP contribution is -1.98. The van der Waals surface area contributed by atoms with Gasteiger partial charge in [-0.2, -0.15) is 5.10 Å². The fourth-order valence-corrected chi connectivity index (χ4v) is 2.81. The normalized spacial score (nSPS) is 11.6. The quantitative estimate of drug-likeness (QED) is 0.448. The van der Waals surface area contributed by atoms with Crippen molar-refractivity contribution in [2.45, 2.75) is 6.92 Å². The van der Waals surface area contributed by atoms with Crippen molar-refractivity contribution in [1.82, 2.24) is 4.98 Å². The van der Waals surface area contributed by atoms with E-state index in [4.69, 9.17) is 0 Å². The summed E-state index contributed by atoms with van der Waals surface area (Å²) in [7, 11) is 0. The maximum Gasteiger partial charge on any atom is 0.280 e. The summed E-state index contributed by atoms with van der Waals surface area (Å²) in [6.07, 6.45) is 1.73. The van der Waals surface area contributed by atoms with Crippen LogP contribution in [0.3, 0.4) is 0 Å². The molecular formula is C15H12N4O2S. The molecule has 0 atom stereocenters. The summed E-state index contributed by atoms with van der Waals surface area (Å²) >= 11 is 1.30. The fraction of sp³-hybridized carbons (Fsp3) is 0.0667. The van der Waals surface area contributed by atoms with E-state index in [1.807, 2.05) is 30.3 Å². The lowest BCUT2D eigenvalue weighted by Gasteiger charge is -2.05. The number of nitrogens with zero attached hydrogens (tertiary/aromatic N) is 3. The number of hydrogen-bond acceptors (Lipinski definition) is 6. The van der Waals surface area contributed by atoms with E-state index in [0.717, 1.165) is 21.5 Å². The van der Waals surface area contributed by atoms with Gasteiger partial charge in [0.2, 0.25) is 0 Å². The van der Waals surface area contributed by atoms with Crippen LogP contribution in [0.4, 0.5) is 11.4 Å². The Morgan fingerprint density at radius 1 is 1.36 bits per heavy atom. The van der Waals surface area contributed by atoms with Gasteiger partial charge in [-0.1, -0.05) is 18.2 Å². The zero-order valence-corrected chi connectivity index (χ0v) is 12.5. The molecule has 1 N–H and O–H groups in total. The fourth-order valence-electron chi connectivity index (χ4n) is 2.01. The lowest BCUT2D eigenvalue weighted by atomic mass is 10.2. The third-order valence-electron chi connectivity index (χ3n) is 3.13. The summed E-state index contributed by atoms with van der Waals surface area (Å²) in [5, 5.41) is 17.5. The van der Waals surface area contributed by atoms with E-state index in [-0.39, 0.29) is 5.69 Å². The maximum absolute atomic E-state index is 10.7. The maximum atomic E-state index is 10.7. The first-order chi connectivity index (χ1) is 10.6. The van der Waals surface area contributed by atoms with Gasteiger partial charge in [0.05, 0.1) is 32.1 Å². The van der Waals surface area contributed by atoms with Crippen molar-refractivity contribution in [3.8, 4) is 0 Å². The predicted molar refractivity (Wildman–Crippen MR) is 88.6 cm³/mol. The van der Waals surface area contributed by atoms with Crippen molar-refractivity contribution in [3.05, 3.63) is 63.0 Å². The van der Waals surface area contributed by atoms with E-state index in [2.05, 4.69) is 15.5 Å². The first-order valence-electron chi connectivity index (χ1n) is 6.52. The van der Waals surface area contributed by atoms with Gasteiger partial charge in [0.1, 0.15) is 0 Å². The lowest BCUT2D eigenvalue weighted by molar-refractivity contribution is -0.384. The number of thiophene rings is 1. The molecule has 3 rings (SSSR count). The molecule has 7 heteroatoms. The van der Waals surface area contributed by atoms with Crippen LogP contribution in [0.2, 0.25) is 0 Å². The Hall–Kier alpha value is -2.80. The minimum absolute atomic E-state index is 0.0846. The van der Waals surface area contributed by atoms with Gasteiger partial charge in [0.25, 0.3) is 5.69 Å². The summed E-state index contributed by atoms with van der Waals surface area (Å²) in [4.78, 5) is 15.4. The zero-order valence-electron chi connectivity index (χ0n) is 11.7. The van der Waals surface area contributed by atoms with Gasteiger partial charge in [0, 0.05) is 17.6 Å². The number of para-hydroxylation sites is 1. The SMILES string of the molecule is C/C(=N\Nc1cccc2cccnc12)c1cc([N+](=O)[O-])cs1. The Kier molecular flexibility index (Phi) is 3.80. The van der Waals surface area contributed by atoms with Gasteiger partial charge in [-0.05, 0) is 19.1 Å². The number of nitrogens with one attached hydrogen (secondary N) is 1. The second kappa shape index (κ2) is 5.90. The molecule has 0 aliphatic heterocycles. The molecule has 0 amide bonds. The van der Waals surface area contributed by atoms with Crippen molar-refractivity contribution in [3.63, 3.8) is 0 Å². The number of rotatable bonds is 4. The van der Waals surface area contributed by atoms with Crippen LogP contribution < -0.4 is 5.43 Å². The van der Waals surface area contributed by atoms with E-state index >= 15 is 0 Å². The largest absolute Gasteiger partial charge is 0.280 e. The van der Waals surface area contributed by atoms with E-state index < -0.39 is 4.92 Å².